The summed E-state index contributed by atoms with van der Waals surface area (Å²) in [6.07, 6.45) is 13.9. The Kier molecular flexibility index (Phi) is 9.19. The number of phenols is 1. The first kappa shape index (κ1) is 47.2. The minimum absolute atomic E-state index is 0.000787. The normalized spacial score (nSPS) is 38.7. The maximum atomic E-state index is 15.4. The number of hydrogen-bond acceptors (Lipinski definition) is 13. The van der Waals surface area contributed by atoms with Crippen LogP contribution in [-0.4, -0.2) is 111 Å². The first-order chi connectivity index (χ1) is 37.6. The van der Waals surface area contributed by atoms with Crippen LogP contribution >= 0.6 is 0 Å². The van der Waals surface area contributed by atoms with Gasteiger partial charge in [-0.25, -0.2) is 9.97 Å². The molecule has 18 rings (SSSR count). The third kappa shape index (κ3) is 5.48. The predicted molar refractivity (Wildman–Crippen MR) is 285 cm³/mol. The molecule has 2 aromatic carbocycles. The van der Waals surface area contributed by atoms with Crippen molar-refractivity contribution in [3.05, 3.63) is 116 Å². The third-order valence-electron chi connectivity index (χ3n) is 23.6. The molecule has 6 spiro atoms. The van der Waals surface area contributed by atoms with E-state index < -0.39 is 69.7 Å². The van der Waals surface area contributed by atoms with Crippen LogP contribution in [0.15, 0.2) is 60.1 Å². The lowest BCUT2D eigenvalue weighted by molar-refractivity contribution is -0.366. The number of carbonyl (C=O) groups is 2. The van der Waals surface area contributed by atoms with Crippen molar-refractivity contribution in [1.29, 1.82) is 0 Å². The van der Waals surface area contributed by atoms with Gasteiger partial charge >= 0.3 is 0 Å². The first-order valence-electron chi connectivity index (χ1n) is 29.3. The number of ketones is 2. The Hall–Kier alpha value is -5.68. The molecule has 15 heteroatoms. The summed E-state index contributed by atoms with van der Waals surface area (Å²) >= 11 is 0. The molecule has 5 saturated carbocycles. The van der Waals surface area contributed by atoms with Crippen LogP contribution in [0, 0.1) is 34.5 Å². The van der Waals surface area contributed by atoms with Crippen molar-refractivity contribution in [3.63, 3.8) is 0 Å². The zero-order valence-corrected chi connectivity index (χ0v) is 44.0. The SMILES string of the molecule is Cc1cc(O)c2c(c1)C(=O)c1c(c3cc4c(nccc14)NCC(O)C14CC5(CCCC5)CC1c1cc(C56CCCC5CCc5[nH]cnc56)[nH]c1C1=CC5(O3)OC3(C1=C4CC1(CCC4(CCCC4)C1)C3O)C(O)C(O)C5O)C2=O. The van der Waals surface area contributed by atoms with Gasteiger partial charge in [-0.15, -0.1) is 0 Å². The van der Waals surface area contributed by atoms with Crippen molar-refractivity contribution in [2.75, 3.05) is 11.9 Å². The van der Waals surface area contributed by atoms with Gasteiger partial charge in [0.05, 0.1) is 40.8 Å². The molecule has 12 atom stereocenters. The molecule has 7 heterocycles. The fraction of sp³-hybridized carbons (Fsp3) is 0.556. The fourth-order valence-corrected chi connectivity index (χ4v) is 20.5. The Bertz CT molecular complexity index is 3620. The summed E-state index contributed by atoms with van der Waals surface area (Å²) in [5, 5.41) is 83.7. The number of aliphatic hydroxyl groups is 5. The number of nitrogens with zero attached hydrogens (tertiary/aromatic N) is 2. The zero-order chi connectivity index (χ0) is 52.8. The predicted octanol–water partition coefficient (Wildman–Crippen LogP) is 8.15. The summed E-state index contributed by atoms with van der Waals surface area (Å²) in [5.74, 6) is -3.87. The number of aliphatic hydroxyl groups excluding tert-OH is 5. The lowest BCUT2D eigenvalue weighted by Gasteiger charge is -2.64. The fourth-order valence-electron chi connectivity index (χ4n) is 20.5. The maximum Gasteiger partial charge on any atom is 0.261 e. The number of aromatic hydroxyl groups is 1. The van der Waals surface area contributed by atoms with Gasteiger partial charge in [-0.2, -0.15) is 0 Å². The number of imidazole rings is 1. The molecular weight excluding hydrogens is 987 g/mol. The number of fused-ring (bicyclic) bond motifs is 10. The highest BCUT2D eigenvalue weighted by Gasteiger charge is 2.77. The number of pyridine rings is 1. The minimum atomic E-state index is -2.44. The molecule has 15 nitrogen and oxygen atoms in total. The summed E-state index contributed by atoms with van der Waals surface area (Å²) in [5.41, 5.74) is 2.49. The lowest BCUT2D eigenvalue weighted by atomic mass is 9.50. The van der Waals surface area contributed by atoms with Crippen LogP contribution in [0.25, 0.3) is 16.3 Å². The summed E-state index contributed by atoms with van der Waals surface area (Å²) in [4.78, 5) is 48.2. The number of ether oxygens (including phenoxy) is 2. The van der Waals surface area contributed by atoms with Gasteiger partial charge in [-0.3, -0.25) is 9.59 Å². The molecule has 1 saturated heterocycles. The molecule has 13 aliphatic rings. The van der Waals surface area contributed by atoms with Crippen molar-refractivity contribution < 1.29 is 49.7 Å². The van der Waals surface area contributed by atoms with Gasteiger partial charge < -0.3 is 55.4 Å². The maximum absolute atomic E-state index is 15.4. The average molecular weight is 1050 g/mol. The van der Waals surface area contributed by atoms with Crippen molar-refractivity contribution in [1.82, 2.24) is 19.9 Å². The molecule has 404 valence electrons. The van der Waals surface area contributed by atoms with Gasteiger partial charge in [0.25, 0.3) is 5.79 Å². The molecule has 12 unspecified atom stereocenters. The monoisotopic (exact) mass is 1050 g/mol. The second kappa shape index (κ2) is 15.2. The molecule has 5 aromatic rings. The van der Waals surface area contributed by atoms with E-state index in [0.717, 1.165) is 130 Å². The Morgan fingerprint density at radius 3 is 2.42 bits per heavy atom. The second-order valence-corrected chi connectivity index (χ2v) is 27.0. The van der Waals surface area contributed by atoms with Crippen LogP contribution < -0.4 is 10.1 Å². The van der Waals surface area contributed by atoms with E-state index in [2.05, 4.69) is 21.4 Å². The van der Waals surface area contributed by atoms with Crippen LogP contribution in [0.4, 0.5) is 5.82 Å². The van der Waals surface area contributed by atoms with Gasteiger partial charge in [-0.05, 0) is 178 Å². The summed E-state index contributed by atoms with van der Waals surface area (Å²) < 4.78 is 15.0. The number of phenolic OH excluding ortho intramolecular Hbond substituents is 1. The van der Waals surface area contributed by atoms with Crippen molar-refractivity contribution in [2.45, 2.75) is 182 Å². The van der Waals surface area contributed by atoms with E-state index >= 15 is 9.59 Å². The van der Waals surface area contributed by atoms with Crippen LogP contribution in [0.5, 0.6) is 11.5 Å². The van der Waals surface area contributed by atoms with E-state index in [-0.39, 0.29) is 57.0 Å². The van der Waals surface area contributed by atoms with Crippen LogP contribution in [-0.2, 0) is 16.6 Å². The highest BCUT2D eigenvalue weighted by molar-refractivity contribution is 6.34. The van der Waals surface area contributed by atoms with E-state index in [1.165, 1.54) is 6.07 Å². The molecule has 78 heavy (non-hydrogen) atoms. The van der Waals surface area contributed by atoms with Gasteiger partial charge in [-0.1, -0.05) is 37.7 Å². The molecule has 9 N–H and O–H groups in total. The van der Waals surface area contributed by atoms with Gasteiger partial charge in [0.2, 0.25) is 5.78 Å². The van der Waals surface area contributed by atoms with Crippen LogP contribution in [0.1, 0.15) is 187 Å². The number of carbonyl (C=O) groups excluding carboxylic acids is 2. The standard InChI is InChI=1S/C63H67N5O10/c1-30-19-35-44(40(69)20-30)50(72)46-41-21-33-32(45(46)49(35)71)10-18-64-55(33)65-26-43(70)61-28-58(13-4-5-14-58)24-37(61)34-22-42(60-15-6-7-31(60)8-9-39-52(60)67-29-66-39)68-48(34)36-23-62(77-41)53(74)51(73)54(75)63(78-62)47(36)38(61)25-59(56(63)76)17-16-57(27-59)11-2-3-12-57/h10,18-23,29,31,37,43,51,53-54,56,68-70,73-76H,2-9,11-17,24-28H2,1H3,(H,64,65)(H,66,67). The number of hydrogen-bond donors (Lipinski definition) is 9. The second-order valence-electron chi connectivity index (χ2n) is 27.0. The molecule has 4 aliphatic heterocycles. The molecule has 8 bridgehead atoms. The number of benzene rings is 2. The van der Waals surface area contributed by atoms with E-state index in [4.69, 9.17) is 19.4 Å². The van der Waals surface area contributed by atoms with Gasteiger partial charge in [0.15, 0.2) is 17.5 Å². The van der Waals surface area contributed by atoms with Crippen molar-refractivity contribution >= 4 is 33.7 Å². The topological polar surface area (TPSA) is 243 Å². The molecular formula is C63H67N5O10. The Balaban J connectivity index is 1.00. The largest absolute Gasteiger partial charge is 0.507 e. The highest BCUT2D eigenvalue weighted by atomic mass is 16.7. The number of rotatable bonds is 1. The van der Waals surface area contributed by atoms with Gasteiger partial charge in [0.1, 0.15) is 29.5 Å². The zero-order valence-electron chi connectivity index (χ0n) is 44.0. The van der Waals surface area contributed by atoms with Crippen LogP contribution in [0.3, 0.4) is 0 Å². The quantitative estimate of drug-likeness (QED) is 0.0756. The molecule has 3 aromatic heterocycles. The van der Waals surface area contributed by atoms with Crippen molar-refractivity contribution in [2.24, 2.45) is 27.6 Å². The summed E-state index contributed by atoms with van der Waals surface area (Å²) in [6.45, 7) is 1.77. The number of anilines is 1. The number of nitrogens with one attached hydrogen (secondary N) is 3. The van der Waals surface area contributed by atoms with E-state index in [1.54, 1.807) is 37.4 Å². The van der Waals surface area contributed by atoms with Crippen LogP contribution in [0.2, 0.25) is 0 Å². The Labute approximate surface area is 451 Å². The first-order valence-corrected chi connectivity index (χ1v) is 29.3. The molecule has 0 radical (unpaired) electrons. The number of H-pyrrole nitrogens is 2. The number of aryl methyl sites for hydroxylation is 2. The molecule has 6 fully saturated rings. The van der Waals surface area contributed by atoms with E-state index in [0.29, 0.717) is 64.9 Å². The van der Waals surface area contributed by atoms with Crippen molar-refractivity contribution in [3.8, 4) is 11.5 Å². The Morgan fingerprint density at radius 1 is 0.795 bits per heavy atom. The highest BCUT2D eigenvalue weighted by Crippen LogP contribution is 2.77. The third-order valence-corrected chi connectivity index (χ3v) is 23.6. The number of aromatic nitrogens is 4. The van der Waals surface area contributed by atoms with E-state index in [1.807, 2.05) is 6.33 Å². The minimum Gasteiger partial charge on any atom is -0.507 e. The summed E-state index contributed by atoms with van der Waals surface area (Å²) in [7, 11) is 0. The van der Waals surface area contributed by atoms with E-state index in [9.17, 15) is 30.6 Å². The molecule has 9 aliphatic carbocycles. The smallest absolute Gasteiger partial charge is 0.261 e. The number of aromatic amines is 2. The Morgan fingerprint density at radius 2 is 1.60 bits per heavy atom. The summed E-state index contributed by atoms with van der Waals surface area (Å²) in [6, 6.07) is 8.67. The molecule has 0 amide bonds. The van der Waals surface area contributed by atoms with Gasteiger partial charge in [0, 0.05) is 62.7 Å². The lowest BCUT2D eigenvalue weighted by Crippen LogP contribution is -2.79. The average Bonchev–Trinajstić information content (AvgIpc) is 3.97.